The van der Waals surface area contributed by atoms with Crippen LogP contribution in [0.2, 0.25) is 0 Å². The molecule has 2 atom stereocenters. The van der Waals surface area contributed by atoms with E-state index in [1.54, 1.807) is 23.5 Å². The lowest BCUT2D eigenvalue weighted by Gasteiger charge is -2.46. The second kappa shape index (κ2) is 5.19. The highest BCUT2D eigenvalue weighted by Gasteiger charge is 2.62. The Hall–Kier alpha value is -2.63. The zero-order valence-electron chi connectivity index (χ0n) is 13.5. The predicted molar refractivity (Wildman–Crippen MR) is 87.0 cm³/mol. The monoisotopic (exact) mass is 325 g/mol. The number of hydrogen-bond donors (Lipinski definition) is 1. The van der Waals surface area contributed by atoms with Crippen molar-refractivity contribution in [3.05, 3.63) is 48.0 Å². The van der Waals surface area contributed by atoms with E-state index < -0.39 is 11.5 Å². The van der Waals surface area contributed by atoms with Crippen molar-refractivity contribution in [1.29, 1.82) is 0 Å². The van der Waals surface area contributed by atoms with Crippen LogP contribution in [0.25, 0.3) is 5.69 Å². The van der Waals surface area contributed by atoms with E-state index in [-0.39, 0.29) is 11.8 Å². The Morgan fingerprint density at radius 2 is 2.17 bits per heavy atom. The van der Waals surface area contributed by atoms with Crippen molar-refractivity contribution in [1.82, 2.24) is 14.5 Å². The van der Waals surface area contributed by atoms with E-state index in [0.29, 0.717) is 18.5 Å². The van der Waals surface area contributed by atoms with Gasteiger partial charge in [-0.05, 0) is 55.9 Å². The standard InChI is InChI=1S/C18H19N3O3/c1-12-10-14(20-9-7-19-11-20)2-3-15(12)16(22)21-8-5-13-4-6-18(13,21)17(23)24/h2-3,7,9-11,13H,4-6,8H2,1H3,(H,23,24)/t13-,18-/m0/s1. The van der Waals surface area contributed by atoms with Crippen LogP contribution in [0.15, 0.2) is 36.9 Å². The number of fused-ring (bicyclic) bond motifs is 1. The quantitative estimate of drug-likeness (QED) is 0.939. The third kappa shape index (κ3) is 1.92. The van der Waals surface area contributed by atoms with E-state index in [1.807, 2.05) is 29.8 Å². The van der Waals surface area contributed by atoms with E-state index in [9.17, 15) is 14.7 Å². The Kier molecular flexibility index (Phi) is 3.23. The summed E-state index contributed by atoms with van der Waals surface area (Å²) in [6.07, 6.45) is 7.49. The minimum absolute atomic E-state index is 0.101. The van der Waals surface area contributed by atoms with Crippen molar-refractivity contribution in [2.45, 2.75) is 31.7 Å². The van der Waals surface area contributed by atoms with Gasteiger partial charge in [0, 0.05) is 30.2 Å². The van der Waals surface area contributed by atoms with Gasteiger partial charge < -0.3 is 14.6 Å². The molecule has 2 aromatic rings. The number of likely N-dealkylation sites (tertiary alicyclic amines) is 1. The van der Waals surface area contributed by atoms with Gasteiger partial charge in [-0.15, -0.1) is 0 Å². The largest absolute Gasteiger partial charge is 0.479 e. The number of carbonyl (C=O) groups excluding carboxylic acids is 1. The van der Waals surface area contributed by atoms with Crippen LogP contribution in [0.4, 0.5) is 0 Å². The van der Waals surface area contributed by atoms with Crippen LogP contribution in [0, 0.1) is 12.8 Å². The molecule has 24 heavy (non-hydrogen) atoms. The molecule has 6 nitrogen and oxygen atoms in total. The van der Waals surface area contributed by atoms with Gasteiger partial charge in [0.25, 0.3) is 5.91 Å². The Labute approximate surface area is 139 Å². The molecule has 2 heterocycles. The Balaban J connectivity index is 1.67. The van der Waals surface area contributed by atoms with E-state index in [2.05, 4.69) is 4.98 Å². The molecule has 1 saturated heterocycles. The van der Waals surface area contributed by atoms with Gasteiger partial charge in [0.2, 0.25) is 0 Å². The fourth-order valence-electron chi connectivity index (χ4n) is 4.13. The normalized spacial score (nSPS) is 25.2. The Morgan fingerprint density at radius 3 is 2.75 bits per heavy atom. The van der Waals surface area contributed by atoms with E-state index in [4.69, 9.17) is 0 Å². The molecule has 1 saturated carbocycles. The molecule has 2 aliphatic rings. The summed E-state index contributed by atoms with van der Waals surface area (Å²) in [5, 5.41) is 9.69. The van der Waals surface area contributed by atoms with Crippen molar-refractivity contribution >= 4 is 11.9 Å². The molecule has 1 amide bonds. The number of carbonyl (C=O) groups is 2. The molecule has 1 aromatic heterocycles. The van der Waals surface area contributed by atoms with Crippen molar-refractivity contribution in [2.75, 3.05) is 6.54 Å². The van der Waals surface area contributed by atoms with Crippen LogP contribution in [0.3, 0.4) is 0 Å². The molecule has 1 N–H and O–H groups in total. The van der Waals surface area contributed by atoms with Crippen molar-refractivity contribution in [3.63, 3.8) is 0 Å². The van der Waals surface area contributed by atoms with Gasteiger partial charge in [-0.2, -0.15) is 0 Å². The Morgan fingerprint density at radius 1 is 1.33 bits per heavy atom. The summed E-state index contributed by atoms with van der Waals surface area (Å²) in [6.45, 7) is 2.41. The fraction of sp³-hybridized carbons (Fsp3) is 0.389. The summed E-state index contributed by atoms with van der Waals surface area (Å²) < 4.78 is 1.87. The molecule has 124 valence electrons. The van der Waals surface area contributed by atoms with Gasteiger partial charge in [0.15, 0.2) is 0 Å². The summed E-state index contributed by atoms with van der Waals surface area (Å²) >= 11 is 0. The summed E-state index contributed by atoms with van der Waals surface area (Å²) in [7, 11) is 0. The molecule has 0 unspecified atom stereocenters. The summed E-state index contributed by atoms with van der Waals surface area (Å²) in [5.41, 5.74) is 1.37. The number of benzene rings is 1. The van der Waals surface area contributed by atoms with E-state index in [0.717, 1.165) is 24.1 Å². The third-order valence-corrected chi connectivity index (χ3v) is 5.59. The molecule has 0 spiro atoms. The van der Waals surface area contributed by atoms with Gasteiger partial charge in [-0.25, -0.2) is 9.78 Å². The van der Waals surface area contributed by atoms with Crippen molar-refractivity contribution in [3.8, 4) is 5.69 Å². The SMILES string of the molecule is Cc1cc(-n2ccnc2)ccc1C(=O)N1CC[C@@H]2CC[C@@]21C(=O)O. The van der Waals surface area contributed by atoms with Gasteiger partial charge >= 0.3 is 5.97 Å². The van der Waals surface area contributed by atoms with Crippen LogP contribution in [-0.2, 0) is 4.79 Å². The lowest BCUT2D eigenvalue weighted by Crippen LogP contribution is -2.61. The van der Waals surface area contributed by atoms with Gasteiger partial charge in [-0.1, -0.05) is 0 Å². The fourth-order valence-corrected chi connectivity index (χ4v) is 4.13. The molecule has 1 aliphatic carbocycles. The highest BCUT2D eigenvalue weighted by Crippen LogP contribution is 2.51. The Bertz CT molecular complexity index is 815. The first-order valence-electron chi connectivity index (χ1n) is 8.18. The number of carboxylic acid groups (broad SMARTS) is 1. The van der Waals surface area contributed by atoms with Crippen LogP contribution in [-0.4, -0.2) is 43.5 Å². The van der Waals surface area contributed by atoms with Crippen LogP contribution < -0.4 is 0 Å². The number of rotatable bonds is 3. The highest BCUT2D eigenvalue weighted by atomic mass is 16.4. The summed E-state index contributed by atoms with van der Waals surface area (Å²) in [5.74, 6) is -0.934. The number of amides is 1. The maximum absolute atomic E-state index is 13.0. The molecular formula is C18H19N3O3. The second-order valence-electron chi connectivity index (χ2n) is 6.68. The van der Waals surface area contributed by atoms with Crippen molar-refractivity contribution < 1.29 is 14.7 Å². The van der Waals surface area contributed by atoms with Crippen LogP contribution in [0.1, 0.15) is 35.2 Å². The van der Waals surface area contributed by atoms with E-state index >= 15 is 0 Å². The number of imidazole rings is 1. The molecule has 6 heteroatoms. The number of aliphatic carboxylic acids is 1. The molecular weight excluding hydrogens is 306 g/mol. The highest BCUT2D eigenvalue weighted by molar-refractivity contribution is 6.00. The maximum Gasteiger partial charge on any atom is 0.329 e. The minimum Gasteiger partial charge on any atom is -0.479 e. The predicted octanol–water partition coefficient (Wildman–Crippen LogP) is 2.26. The second-order valence-corrected chi connectivity index (χ2v) is 6.68. The summed E-state index contributed by atoms with van der Waals surface area (Å²) in [4.78, 5) is 30.4. The molecule has 0 radical (unpaired) electrons. The zero-order valence-corrected chi connectivity index (χ0v) is 13.5. The average molecular weight is 325 g/mol. The third-order valence-electron chi connectivity index (χ3n) is 5.59. The van der Waals surface area contributed by atoms with E-state index in [1.165, 1.54) is 0 Å². The molecule has 4 rings (SSSR count). The number of aromatic nitrogens is 2. The number of nitrogens with zero attached hydrogens (tertiary/aromatic N) is 3. The molecule has 1 aliphatic heterocycles. The summed E-state index contributed by atoms with van der Waals surface area (Å²) in [6, 6.07) is 5.58. The minimum atomic E-state index is -0.980. The molecule has 2 fully saturated rings. The first-order chi connectivity index (χ1) is 11.5. The molecule has 0 bridgehead atoms. The van der Waals surface area contributed by atoms with Gasteiger partial charge in [0.1, 0.15) is 5.54 Å². The zero-order chi connectivity index (χ0) is 16.9. The van der Waals surface area contributed by atoms with Gasteiger partial charge in [-0.3, -0.25) is 4.79 Å². The van der Waals surface area contributed by atoms with Gasteiger partial charge in [0.05, 0.1) is 6.33 Å². The average Bonchev–Trinajstić information content (AvgIpc) is 3.13. The number of aryl methyl sites for hydroxylation is 1. The first kappa shape index (κ1) is 14.9. The lowest BCUT2D eigenvalue weighted by atomic mass is 9.67. The topological polar surface area (TPSA) is 75.4 Å². The first-order valence-corrected chi connectivity index (χ1v) is 8.18. The number of hydrogen-bond acceptors (Lipinski definition) is 3. The van der Waals surface area contributed by atoms with Crippen LogP contribution >= 0.6 is 0 Å². The molecule has 1 aromatic carbocycles. The smallest absolute Gasteiger partial charge is 0.329 e. The van der Waals surface area contributed by atoms with Crippen LogP contribution in [0.5, 0.6) is 0 Å². The lowest BCUT2D eigenvalue weighted by molar-refractivity contribution is -0.157. The van der Waals surface area contributed by atoms with Crippen molar-refractivity contribution in [2.24, 2.45) is 5.92 Å². The number of carboxylic acids is 1. The maximum atomic E-state index is 13.0.